The van der Waals surface area contributed by atoms with E-state index in [1.807, 2.05) is 0 Å². The number of hydrogen-bond acceptors (Lipinski definition) is 6. The highest BCUT2D eigenvalue weighted by Gasteiger charge is 2.14. The topological polar surface area (TPSA) is 114 Å². The van der Waals surface area contributed by atoms with E-state index >= 15 is 0 Å². The standard InChI is InChI=1S/C16H15ClN4O4/c1-9-7-21(16(24)19-15(9)23)8-14-18-13(20-25-14)6-12(22)10-2-4-11(17)5-3-10/h2-5,7,12,22H,6,8H2,1H3,(H,19,23,24)/t12-/m1/s1/i12D. The van der Waals surface area contributed by atoms with Crippen molar-refractivity contribution in [1.29, 1.82) is 0 Å². The fraction of sp³-hybridized carbons (Fsp3) is 0.250. The van der Waals surface area contributed by atoms with Crippen LogP contribution in [0, 0.1) is 6.92 Å². The Hall–Kier alpha value is -2.71. The Labute approximate surface area is 148 Å². The molecule has 0 fully saturated rings. The van der Waals surface area contributed by atoms with Crippen LogP contribution in [0.2, 0.25) is 5.02 Å². The van der Waals surface area contributed by atoms with Gasteiger partial charge in [-0.05, 0) is 24.6 Å². The molecule has 2 N–H and O–H groups in total. The van der Waals surface area contributed by atoms with Gasteiger partial charge in [0.2, 0.25) is 5.89 Å². The van der Waals surface area contributed by atoms with Crippen LogP contribution in [0.5, 0.6) is 0 Å². The van der Waals surface area contributed by atoms with Crippen LogP contribution in [0.4, 0.5) is 0 Å². The highest BCUT2D eigenvalue weighted by molar-refractivity contribution is 6.30. The number of benzene rings is 1. The molecule has 3 rings (SSSR count). The average molecular weight is 364 g/mol. The number of nitrogens with zero attached hydrogens (tertiary/aromatic N) is 3. The summed E-state index contributed by atoms with van der Waals surface area (Å²) in [5.74, 6) is 0.224. The van der Waals surface area contributed by atoms with E-state index in [1.54, 1.807) is 31.2 Å². The highest BCUT2D eigenvalue weighted by Crippen LogP contribution is 2.19. The summed E-state index contributed by atoms with van der Waals surface area (Å²) in [6.07, 6.45) is -0.783. The van der Waals surface area contributed by atoms with Gasteiger partial charge in [0.25, 0.3) is 5.56 Å². The minimum Gasteiger partial charge on any atom is -0.388 e. The minimum atomic E-state index is -1.96. The van der Waals surface area contributed by atoms with E-state index in [4.69, 9.17) is 17.5 Å². The number of aromatic amines is 1. The van der Waals surface area contributed by atoms with Gasteiger partial charge >= 0.3 is 5.69 Å². The van der Waals surface area contributed by atoms with Crippen LogP contribution < -0.4 is 11.2 Å². The van der Waals surface area contributed by atoms with Crippen molar-refractivity contribution in [3.63, 3.8) is 0 Å². The molecule has 9 heteroatoms. The van der Waals surface area contributed by atoms with Crippen LogP contribution in [0.25, 0.3) is 0 Å². The number of aromatic nitrogens is 4. The third-order valence-corrected chi connectivity index (χ3v) is 3.76. The Morgan fingerprint density at radius 1 is 1.40 bits per heavy atom. The molecule has 3 aromatic rings. The van der Waals surface area contributed by atoms with Gasteiger partial charge in [0, 0.05) is 23.2 Å². The molecule has 2 heterocycles. The van der Waals surface area contributed by atoms with Crippen molar-refractivity contribution < 1.29 is 11.0 Å². The van der Waals surface area contributed by atoms with Crippen molar-refractivity contribution in [2.24, 2.45) is 0 Å². The van der Waals surface area contributed by atoms with E-state index in [2.05, 4.69) is 15.1 Å². The van der Waals surface area contributed by atoms with Crippen LogP contribution in [0.15, 0.2) is 44.6 Å². The first-order valence-corrected chi connectivity index (χ1v) is 7.73. The summed E-state index contributed by atoms with van der Waals surface area (Å²) in [5, 5.41) is 14.6. The van der Waals surface area contributed by atoms with Crippen molar-refractivity contribution in [2.75, 3.05) is 0 Å². The van der Waals surface area contributed by atoms with Crippen LogP contribution in [0.3, 0.4) is 0 Å². The molecule has 1 atom stereocenters. The van der Waals surface area contributed by atoms with Gasteiger partial charge in [-0.3, -0.25) is 14.3 Å². The first-order chi connectivity index (χ1) is 12.2. The number of rotatable bonds is 5. The summed E-state index contributed by atoms with van der Waals surface area (Å²) in [5.41, 5.74) is -0.355. The molecule has 0 aliphatic heterocycles. The molecule has 0 bridgehead atoms. The number of hydrogen-bond donors (Lipinski definition) is 2. The van der Waals surface area contributed by atoms with Gasteiger partial charge in [0.15, 0.2) is 5.82 Å². The lowest BCUT2D eigenvalue weighted by molar-refractivity contribution is 0.174. The second-order valence-electron chi connectivity index (χ2n) is 5.43. The molecule has 0 unspecified atom stereocenters. The van der Waals surface area contributed by atoms with Crippen molar-refractivity contribution >= 4 is 11.6 Å². The Kier molecular flexibility index (Phi) is 4.45. The van der Waals surface area contributed by atoms with Crippen LogP contribution in [0.1, 0.15) is 30.3 Å². The van der Waals surface area contributed by atoms with E-state index in [0.29, 0.717) is 16.1 Å². The Morgan fingerprint density at radius 2 is 2.12 bits per heavy atom. The van der Waals surface area contributed by atoms with Gasteiger partial charge in [-0.2, -0.15) is 4.98 Å². The summed E-state index contributed by atoms with van der Waals surface area (Å²) in [6, 6.07) is 6.23. The van der Waals surface area contributed by atoms with Crippen LogP contribution in [-0.2, 0) is 13.0 Å². The summed E-state index contributed by atoms with van der Waals surface area (Å²) < 4.78 is 14.4. The lowest BCUT2D eigenvalue weighted by Crippen LogP contribution is -2.31. The third kappa shape index (κ3) is 4.04. The van der Waals surface area contributed by atoms with Gasteiger partial charge in [0.05, 0.1) is 7.45 Å². The zero-order valence-corrected chi connectivity index (χ0v) is 13.9. The van der Waals surface area contributed by atoms with E-state index in [1.165, 1.54) is 10.8 Å². The second kappa shape index (κ2) is 7.04. The summed E-state index contributed by atoms with van der Waals surface area (Å²) in [4.78, 5) is 29.4. The van der Waals surface area contributed by atoms with Gasteiger partial charge in [-0.15, -0.1) is 0 Å². The van der Waals surface area contributed by atoms with Crippen molar-refractivity contribution in [2.45, 2.75) is 26.0 Å². The Balaban J connectivity index is 1.78. The highest BCUT2D eigenvalue weighted by atomic mass is 35.5. The lowest BCUT2D eigenvalue weighted by Gasteiger charge is -2.08. The quantitative estimate of drug-likeness (QED) is 0.704. The molecule has 0 saturated heterocycles. The van der Waals surface area contributed by atoms with Crippen LogP contribution in [-0.4, -0.2) is 24.8 Å². The number of aliphatic hydroxyl groups is 1. The maximum absolute atomic E-state index is 11.8. The monoisotopic (exact) mass is 363 g/mol. The molecule has 0 spiro atoms. The molecule has 25 heavy (non-hydrogen) atoms. The second-order valence-corrected chi connectivity index (χ2v) is 5.87. The summed E-state index contributed by atoms with van der Waals surface area (Å²) in [6.45, 7) is 1.53. The maximum Gasteiger partial charge on any atom is 0.328 e. The molecular weight excluding hydrogens is 348 g/mol. The van der Waals surface area contributed by atoms with Crippen LogP contribution >= 0.6 is 11.6 Å². The third-order valence-electron chi connectivity index (χ3n) is 3.51. The zero-order valence-electron chi connectivity index (χ0n) is 14.2. The van der Waals surface area contributed by atoms with Gasteiger partial charge in [-0.1, -0.05) is 28.9 Å². The molecule has 8 nitrogen and oxygen atoms in total. The van der Waals surface area contributed by atoms with Gasteiger partial charge < -0.3 is 9.63 Å². The minimum absolute atomic E-state index is 0.0408. The molecule has 0 aliphatic rings. The number of halogens is 1. The lowest BCUT2D eigenvalue weighted by atomic mass is 10.1. The Morgan fingerprint density at radius 3 is 2.84 bits per heavy atom. The molecule has 0 radical (unpaired) electrons. The van der Waals surface area contributed by atoms with Crippen molar-refractivity contribution in [3.8, 4) is 0 Å². The van der Waals surface area contributed by atoms with E-state index in [0.717, 1.165) is 0 Å². The van der Waals surface area contributed by atoms with E-state index < -0.39 is 17.3 Å². The molecule has 130 valence electrons. The molecule has 0 amide bonds. The van der Waals surface area contributed by atoms with E-state index in [9.17, 15) is 14.7 Å². The molecule has 2 aromatic heterocycles. The summed E-state index contributed by atoms with van der Waals surface area (Å²) in [7, 11) is 0. The normalized spacial score (nSPS) is 14.1. The number of H-pyrrole nitrogens is 1. The number of aryl methyl sites for hydroxylation is 1. The predicted molar refractivity (Wildman–Crippen MR) is 89.6 cm³/mol. The first-order valence-electron chi connectivity index (χ1n) is 7.85. The van der Waals surface area contributed by atoms with Crippen molar-refractivity contribution in [1.82, 2.24) is 19.7 Å². The van der Waals surface area contributed by atoms with Gasteiger partial charge in [0.1, 0.15) is 6.54 Å². The fourth-order valence-electron chi connectivity index (χ4n) is 2.20. The van der Waals surface area contributed by atoms with Gasteiger partial charge in [-0.25, -0.2) is 4.79 Å². The van der Waals surface area contributed by atoms with Crippen molar-refractivity contribution in [3.05, 3.63) is 79.2 Å². The fourth-order valence-corrected chi connectivity index (χ4v) is 2.33. The SMILES string of the molecule is [2H][C@@](O)(Cc1noc(Cn2cc(C)c(=O)[nH]c2=O)n1)c1ccc(Cl)cc1. The number of nitrogens with one attached hydrogen (secondary N) is 1. The Bertz CT molecular complexity index is 1040. The average Bonchev–Trinajstić information content (AvgIpc) is 2.99. The molecule has 0 saturated carbocycles. The molecular formula is C16H15ClN4O4. The van der Waals surface area contributed by atoms with E-state index in [-0.39, 0.29) is 24.7 Å². The smallest absolute Gasteiger partial charge is 0.328 e. The molecule has 0 aliphatic carbocycles. The largest absolute Gasteiger partial charge is 0.388 e. The molecule has 1 aromatic carbocycles. The first kappa shape index (κ1) is 15.8. The maximum atomic E-state index is 11.8. The zero-order chi connectivity index (χ0) is 18.9. The summed E-state index contributed by atoms with van der Waals surface area (Å²) >= 11 is 5.80. The predicted octanol–water partition coefficient (Wildman–Crippen LogP) is 1.21.